The topological polar surface area (TPSA) is 101 Å². The second kappa shape index (κ2) is 5.58. The van der Waals surface area contributed by atoms with Crippen molar-refractivity contribution < 1.29 is 9.53 Å². The number of nitrogens with zero attached hydrogens (tertiary/aromatic N) is 7. The first-order chi connectivity index (χ1) is 8.70. The van der Waals surface area contributed by atoms with Gasteiger partial charge in [-0.05, 0) is 10.4 Å². The first-order valence-electron chi connectivity index (χ1n) is 4.99. The number of carbonyl (C=O) groups excluding carboxylic acids is 1. The quantitative estimate of drug-likeness (QED) is 0.517. The zero-order valence-corrected chi connectivity index (χ0v) is 10.7. The number of thioether (sulfide) groups is 1. The van der Waals surface area contributed by atoms with Crippen LogP contribution >= 0.6 is 11.8 Å². The molecule has 0 N–H and O–H groups in total. The van der Waals surface area contributed by atoms with Crippen LogP contribution in [-0.4, -0.2) is 48.1 Å². The van der Waals surface area contributed by atoms with Crippen LogP contribution in [-0.2, 0) is 28.9 Å². The molecule has 0 radical (unpaired) electrons. The van der Waals surface area contributed by atoms with Crippen LogP contribution in [0.25, 0.3) is 0 Å². The average Bonchev–Trinajstić information content (AvgIpc) is 2.96. The van der Waals surface area contributed by atoms with Gasteiger partial charge in [-0.25, -0.2) is 9.67 Å². The molecule has 0 aliphatic heterocycles. The molecule has 0 bridgehead atoms. The minimum Gasteiger partial charge on any atom is -0.468 e. The predicted molar refractivity (Wildman–Crippen MR) is 60.4 cm³/mol. The summed E-state index contributed by atoms with van der Waals surface area (Å²) in [6, 6.07) is 0. The Bertz CT molecular complexity index is 537. The standard InChI is InChI=1S/C8H11N7O2S/c1-14-6(9-5-10-14)4-18-8-11-12-13-15(8)3-7(16)17-2/h5H,3-4H2,1-2H3. The lowest BCUT2D eigenvalue weighted by Crippen LogP contribution is -2.13. The van der Waals surface area contributed by atoms with E-state index in [0.29, 0.717) is 10.9 Å². The third-order valence-electron chi connectivity index (χ3n) is 2.14. The van der Waals surface area contributed by atoms with E-state index in [1.165, 1.54) is 29.9 Å². The molecule has 2 aromatic heterocycles. The fourth-order valence-electron chi connectivity index (χ4n) is 1.17. The number of hydrogen-bond acceptors (Lipinski definition) is 8. The smallest absolute Gasteiger partial charge is 0.327 e. The van der Waals surface area contributed by atoms with E-state index in [2.05, 4.69) is 30.3 Å². The molecule has 0 atom stereocenters. The van der Waals surface area contributed by atoms with Crippen molar-refractivity contribution in [1.29, 1.82) is 0 Å². The van der Waals surface area contributed by atoms with Crippen molar-refractivity contribution in [3.05, 3.63) is 12.2 Å². The molecule has 10 heteroatoms. The van der Waals surface area contributed by atoms with Gasteiger partial charge < -0.3 is 4.74 Å². The molecular formula is C8H11N7O2S. The number of aryl methyl sites for hydroxylation is 1. The number of tetrazole rings is 1. The molecule has 0 aliphatic rings. The molecule has 0 unspecified atom stereocenters. The number of methoxy groups -OCH3 is 1. The van der Waals surface area contributed by atoms with Gasteiger partial charge in [0.2, 0.25) is 5.16 Å². The Balaban J connectivity index is 2.00. The second-order valence-electron chi connectivity index (χ2n) is 3.28. The highest BCUT2D eigenvalue weighted by Crippen LogP contribution is 2.18. The van der Waals surface area contributed by atoms with Crippen LogP contribution in [0.4, 0.5) is 0 Å². The van der Waals surface area contributed by atoms with Gasteiger partial charge in [0.1, 0.15) is 18.7 Å². The van der Waals surface area contributed by atoms with Crippen molar-refractivity contribution in [3.8, 4) is 0 Å². The Hall–Kier alpha value is -1.97. The fourth-order valence-corrected chi connectivity index (χ4v) is 2.03. The zero-order valence-electron chi connectivity index (χ0n) is 9.85. The van der Waals surface area contributed by atoms with Crippen molar-refractivity contribution >= 4 is 17.7 Å². The second-order valence-corrected chi connectivity index (χ2v) is 4.23. The summed E-state index contributed by atoms with van der Waals surface area (Å²) in [5, 5.41) is 15.6. The molecule has 0 fully saturated rings. The van der Waals surface area contributed by atoms with Crippen molar-refractivity contribution in [1.82, 2.24) is 35.0 Å². The van der Waals surface area contributed by atoms with E-state index in [9.17, 15) is 4.79 Å². The maximum atomic E-state index is 11.1. The number of rotatable bonds is 5. The summed E-state index contributed by atoms with van der Waals surface area (Å²) in [5.74, 6) is 0.966. The molecule has 2 aromatic rings. The van der Waals surface area contributed by atoms with E-state index in [1.807, 2.05) is 0 Å². The van der Waals surface area contributed by atoms with Crippen molar-refractivity contribution in [2.75, 3.05) is 7.11 Å². The van der Waals surface area contributed by atoms with Crippen molar-refractivity contribution in [3.63, 3.8) is 0 Å². The van der Waals surface area contributed by atoms with Crippen LogP contribution in [0.1, 0.15) is 5.82 Å². The molecule has 2 rings (SSSR count). The first kappa shape index (κ1) is 12.5. The van der Waals surface area contributed by atoms with Crippen molar-refractivity contribution in [2.24, 2.45) is 7.05 Å². The minimum absolute atomic E-state index is 0.00928. The summed E-state index contributed by atoms with van der Waals surface area (Å²) < 4.78 is 7.61. The summed E-state index contributed by atoms with van der Waals surface area (Å²) in [6.07, 6.45) is 1.48. The van der Waals surface area contributed by atoms with Gasteiger partial charge in [0.15, 0.2) is 0 Å². The average molecular weight is 269 g/mol. The van der Waals surface area contributed by atoms with Crippen LogP contribution in [0.2, 0.25) is 0 Å². The highest BCUT2D eigenvalue weighted by molar-refractivity contribution is 7.98. The molecule has 0 aliphatic carbocycles. The Morgan fingerprint density at radius 2 is 2.39 bits per heavy atom. The maximum Gasteiger partial charge on any atom is 0.327 e. The molecule has 18 heavy (non-hydrogen) atoms. The molecule has 0 amide bonds. The lowest BCUT2D eigenvalue weighted by molar-refractivity contribution is -0.141. The van der Waals surface area contributed by atoms with E-state index < -0.39 is 5.97 Å². The van der Waals surface area contributed by atoms with Gasteiger partial charge in [-0.3, -0.25) is 9.48 Å². The van der Waals surface area contributed by atoms with E-state index in [-0.39, 0.29) is 6.54 Å². The number of carbonyl (C=O) groups is 1. The zero-order chi connectivity index (χ0) is 13.0. The summed E-state index contributed by atoms with van der Waals surface area (Å²) in [5.41, 5.74) is 0. The van der Waals surface area contributed by atoms with Gasteiger partial charge in [-0.2, -0.15) is 5.10 Å². The van der Waals surface area contributed by atoms with Crippen LogP contribution in [0.3, 0.4) is 0 Å². The normalized spacial score (nSPS) is 10.6. The van der Waals surface area contributed by atoms with Gasteiger partial charge in [0, 0.05) is 7.05 Å². The molecule has 0 saturated carbocycles. The van der Waals surface area contributed by atoms with Crippen LogP contribution in [0.15, 0.2) is 11.5 Å². The maximum absolute atomic E-state index is 11.1. The monoisotopic (exact) mass is 269 g/mol. The molecule has 0 saturated heterocycles. The minimum atomic E-state index is -0.400. The largest absolute Gasteiger partial charge is 0.468 e. The molecule has 96 valence electrons. The summed E-state index contributed by atoms with van der Waals surface area (Å²) >= 11 is 1.37. The summed E-state index contributed by atoms with van der Waals surface area (Å²) in [4.78, 5) is 15.2. The van der Waals surface area contributed by atoms with Gasteiger partial charge >= 0.3 is 5.97 Å². The van der Waals surface area contributed by atoms with Gasteiger partial charge in [0.25, 0.3) is 0 Å². The lowest BCUT2D eigenvalue weighted by Gasteiger charge is -2.02. The Morgan fingerprint density at radius 1 is 1.56 bits per heavy atom. The molecule has 0 aromatic carbocycles. The molecule has 0 spiro atoms. The molecule has 9 nitrogen and oxygen atoms in total. The van der Waals surface area contributed by atoms with Crippen LogP contribution in [0.5, 0.6) is 0 Å². The number of ether oxygens (including phenoxy) is 1. The van der Waals surface area contributed by atoms with Crippen molar-refractivity contribution in [2.45, 2.75) is 17.5 Å². The van der Waals surface area contributed by atoms with Gasteiger partial charge in [-0.15, -0.1) is 5.10 Å². The number of aromatic nitrogens is 7. The lowest BCUT2D eigenvalue weighted by atomic mass is 10.7. The van der Waals surface area contributed by atoms with Crippen LogP contribution < -0.4 is 0 Å². The van der Waals surface area contributed by atoms with Gasteiger partial charge in [0.05, 0.1) is 12.9 Å². The Labute approximate surface area is 107 Å². The molecular weight excluding hydrogens is 258 g/mol. The summed E-state index contributed by atoms with van der Waals surface area (Å²) in [6.45, 7) is -0.00928. The third-order valence-corrected chi connectivity index (χ3v) is 3.09. The van der Waals surface area contributed by atoms with E-state index in [4.69, 9.17) is 0 Å². The predicted octanol–water partition coefficient (Wildman–Crippen LogP) is -0.733. The summed E-state index contributed by atoms with van der Waals surface area (Å²) in [7, 11) is 3.12. The fraction of sp³-hybridized carbons (Fsp3) is 0.500. The Kier molecular flexibility index (Phi) is 3.87. The van der Waals surface area contributed by atoms with Gasteiger partial charge in [-0.1, -0.05) is 11.8 Å². The van der Waals surface area contributed by atoms with E-state index in [0.717, 1.165) is 5.82 Å². The third kappa shape index (κ3) is 2.83. The van der Waals surface area contributed by atoms with E-state index in [1.54, 1.807) is 11.7 Å². The van der Waals surface area contributed by atoms with Crippen LogP contribution in [0, 0.1) is 0 Å². The highest BCUT2D eigenvalue weighted by atomic mass is 32.2. The SMILES string of the molecule is COC(=O)Cn1nnnc1SCc1ncnn1C. The number of hydrogen-bond donors (Lipinski definition) is 0. The number of esters is 1. The highest BCUT2D eigenvalue weighted by Gasteiger charge is 2.12. The molecule has 2 heterocycles. The Morgan fingerprint density at radius 3 is 3.06 bits per heavy atom. The van der Waals surface area contributed by atoms with E-state index >= 15 is 0 Å². The first-order valence-corrected chi connectivity index (χ1v) is 5.98.